The summed E-state index contributed by atoms with van der Waals surface area (Å²) in [6.45, 7) is 0. The molecule has 0 fully saturated rings. The molecule has 124 valence electrons. The van der Waals surface area contributed by atoms with E-state index >= 15 is 0 Å². The maximum absolute atomic E-state index is 12.8. The van der Waals surface area contributed by atoms with E-state index in [1.165, 1.54) is 45.2 Å². The van der Waals surface area contributed by atoms with Crippen molar-refractivity contribution in [3.05, 3.63) is 57.0 Å². The van der Waals surface area contributed by atoms with Gasteiger partial charge in [0.05, 0.1) is 10.6 Å². The number of thioether (sulfide) groups is 1. The lowest BCUT2D eigenvalue weighted by Gasteiger charge is -2.06. The Balaban J connectivity index is 1.97. The normalized spacial score (nSPS) is 11.2. The number of hydrogen-bond acceptors (Lipinski definition) is 8. The third-order valence-electron chi connectivity index (χ3n) is 3.59. The van der Waals surface area contributed by atoms with Crippen molar-refractivity contribution in [2.24, 2.45) is 0 Å². The predicted octanol–water partition coefficient (Wildman–Crippen LogP) is 1.45. The molecule has 0 radical (unpaired) electrons. The summed E-state index contributed by atoms with van der Waals surface area (Å²) in [5, 5.41) is 23.6. The topological polar surface area (TPSA) is 121 Å². The van der Waals surface area contributed by atoms with Crippen LogP contribution in [0.5, 0.6) is 0 Å². The van der Waals surface area contributed by atoms with Gasteiger partial charge in [0, 0.05) is 18.3 Å². The molecule has 10 nitrogen and oxygen atoms in total. The Labute approximate surface area is 143 Å². The highest BCUT2D eigenvalue weighted by Crippen LogP contribution is 2.17. The lowest BCUT2D eigenvalue weighted by molar-refractivity contribution is -0.384. The molecular weight excluding hydrogens is 346 g/mol. The average molecular weight is 355 g/mol. The Morgan fingerprint density at radius 2 is 2.08 bits per heavy atom. The summed E-state index contributed by atoms with van der Waals surface area (Å²) in [7, 11) is 0. The van der Waals surface area contributed by atoms with E-state index in [1.807, 2.05) is 6.26 Å². The fourth-order valence-corrected chi connectivity index (χ4v) is 2.77. The second kappa shape index (κ2) is 5.63. The van der Waals surface area contributed by atoms with E-state index in [2.05, 4.69) is 20.3 Å². The molecule has 0 unspecified atom stereocenters. The van der Waals surface area contributed by atoms with Crippen LogP contribution in [0.25, 0.3) is 22.5 Å². The molecule has 0 aliphatic carbocycles. The third-order valence-corrected chi connectivity index (χ3v) is 4.12. The Bertz CT molecular complexity index is 1200. The summed E-state index contributed by atoms with van der Waals surface area (Å²) in [6.07, 6.45) is 3.35. The molecule has 0 spiro atoms. The molecule has 0 N–H and O–H groups in total. The number of non-ortho nitro benzene ring substituents is 1. The average Bonchev–Trinajstić information content (AvgIpc) is 3.06. The number of nitrogens with zero attached hydrogens (tertiary/aromatic N) is 7. The fraction of sp³-hybridized carbons (Fsp3) is 0.0714. The number of hydrogen-bond donors (Lipinski definition) is 0. The van der Waals surface area contributed by atoms with E-state index in [9.17, 15) is 14.9 Å². The van der Waals surface area contributed by atoms with E-state index in [-0.39, 0.29) is 11.2 Å². The molecule has 0 aliphatic heterocycles. The van der Waals surface area contributed by atoms with Crippen molar-refractivity contribution in [3.63, 3.8) is 0 Å². The number of pyridine rings is 1. The fourth-order valence-electron chi connectivity index (χ4n) is 2.43. The Morgan fingerprint density at radius 3 is 2.84 bits per heavy atom. The standard InChI is InChI=1S/C14H9N7O3S/c1-25-14-15-13-17-16-11-10(20(13)18-14)5-6-19(12(11)22)8-3-2-4-9(7-8)21(23)24/h2-7H,1H3. The zero-order valence-corrected chi connectivity index (χ0v) is 13.5. The number of aromatic nitrogens is 6. The van der Waals surface area contributed by atoms with Crippen LogP contribution >= 0.6 is 11.8 Å². The first-order chi connectivity index (χ1) is 12.1. The highest BCUT2D eigenvalue weighted by Gasteiger charge is 2.14. The van der Waals surface area contributed by atoms with Crippen LogP contribution in [0.2, 0.25) is 0 Å². The van der Waals surface area contributed by atoms with E-state index in [0.717, 1.165) is 0 Å². The van der Waals surface area contributed by atoms with E-state index in [4.69, 9.17) is 0 Å². The first kappa shape index (κ1) is 15.2. The Hall–Kier alpha value is -3.34. The van der Waals surface area contributed by atoms with Gasteiger partial charge in [0.25, 0.3) is 17.0 Å². The van der Waals surface area contributed by atoms with Crippen LogP contribution in [0.4, 0.5) is 5.69 Å². The quantitative estimate of drug-likeness (QED) is 0.307. The molecule has 11 heteroatoms. The lowest BCUT2D eigenvalue weighted by atomic mass is 10.2. The van der Waals surface area contributed by atoms with Crippen molar-refractivity contribution in [3.8, 4) is 5.69 Å². The highest BCUT2D eigenvalue weighted by atomic mass is 32.2. The summed E-state index contributed by atoms with van der Waals surface area (Å²) in [4.78, 5) is 27.4. The van der Waals surface area contributed by atoms with Crippen molar-refractivity contribution in [2.75, 3.05) is 6.26 Å². The van der Waals surface area contributed by atoms with Gasteiger partial charge in [-0.1, -0.05) is 17.8 Å². The second-order valence-electron chi connectivity index (χ2n) is 5.01. The summed E-state index contributed by atoms with van der Waals surface area (Å²) in [6, 6.07) is 7.45. The van der Waals surface area contributed by atoms with Crippen LogP contribution < -0.4 is 5.56 Å². The van der Waals surface area contributed by atoms with Gasteiger partial charge in [-0.3, -0.25) is 19.5 Å². The first-order valence-electron chi connectivity index (χ1n) is 7.02. The van der Waals surface area contributed by atoms with E-state index < -0.39 is 10.5 Å². The largest absolute Gasteiger partial charge is 0.285 e. The summed E-state index contributed by atoms with van der Waals surface area (Å²) in [5.74, 6) is 0.296. The van der Waals surface area contributed by atoms with Crippen LogP contribution in [0.15, 0.2) is 46.5 Å². The van der Waals surface area contributed by atoms with Gasteiger partial charge in [0.15, 0.2) is 5.52 Å². The molecule has 0 saturated carbocycles. The molecule has 3 heterocycles. The minimum Gasteiger partial charge on any atom is -0.282 e. The zero-order valence-electron chi connectivity index (χ0n) is 12.7. The summed E-state index contributed by atoms with van der Waals surface area (Å²) >= 11 is 1.35. The molecule has 0 bridgehead atoms. The molecule has 4 aromatic rings. The molecule has 0 aliphatic rings. The van der Waals surface area contributed by atoms with Gasteiger partial charge in [0.2, 0.25) is 5.16 Å². The maximum Gasteiger partial charge on any atom is 0.285 e. The van der Waals surface area contributed by atoms with Crippen molar-refractivity contribution < 1.29 is 4.92 Å². The van der Waals surface area contributed by atoms with Gasteiger partial charge >= 0.3 is 0 Å². The minimum atomic E-state index is -0.516. The van der Waals surface area contributed by atoms with Crippen molar-refractivity contribution in [2.45, 2.75) is 5.16 Å². The van der Waals surface area contributed by atoms with Gasteiger partial charge in [0.1, 0.15) is 5.52 Å². The molecule has 25 heavy (non-hydrogen) atoms. The maximum atomic E-state index is 12.8. The molecule has 0 saturated heterocycles. The van der Waals surface area contributed by atoms with Gasteiger partial charge in [-0.25, -0.2) is 0 Å². The monoisotopic (exact) mass is 355 g/mol. The van der Waals surface area contributed by atoms with Crippen LogP contribution in [0.3, 0.4) is 0 Å². The molecule has 0 amide bonds. The van der Waals surface area contributed by atoms with Crippen molar-refractivity contribution in [1.29, 1.82) is 0 Å². The number of nitro groups is 1. The smallest absolute Gasteiger partial charge is 0.282 e. The third kappa shape index (κ3) is 2.41. The molecule has 0 atom stereocenters. The highest BCUT2D eigenvalue weighted by molar-refractivity contribution is 7.98. The number of fused-ring (bicyclic) bond motifs is 3. The molecule has 4 rings (SSSR count). The number of benzene rings is 1. The number of nitro benzene ring substituents is 1. The van der Waals surface area contributed by atoms with Crippen LogP contribution in [0, 0.1) is 10.1 Å². The molecule has 1 aromatic carbocycles. The summed E-state index contributed by atoms with van der Waals surface area (Å²) < 4.78 is 2.73. The Kier molecular flexibility index (Phi) is 3.42. The van der Waals surface area contributed by atoms with Crippen LogP contribution in [0.1, 0.15) is 0 Å². The second-order valence-corrected chi connectivity index (χ2v) is 5.79. The van der Waals surface area contributed by atoms with Gasteiger partial charge in [-0.2, -0.15) is 9.50 Å². The van der Waals surface area contributed by atoms with E-state index in [1.54, 1.807) is 12.1 Å². The summed E-state index contributed by atoms with van der Waals surface area (Å²) in [5.41, 5.74) is 0.371. The minimum absolute atomic E-state index is 0.0964. The van der Waals surface area contributed by atoms with Crippen molar-refractivity contribution >= 4 is 34.3 Å². The lowest BCUT2D eigenvalue weighted by Crippen LogP contribution is -2.20. The number of rotatable bonds is 3. The first-order valence-corrected chi connectivity index (χ1v) is 8.24. The molecule has 3 aromatic heterocycles. The van der Waals surface area contributed by atoms with Gasteiger partial charge in [-0.05, 0) is 18.4 Å². The van der Waals surface area contributed by atoms with Crippen molar-refractivity contribution in [1.82, 2.24) is 29.4 Å². The molecular formula is C14H9N7O3S. The van der Waals surface area contributed by atoms with E-state index in [0.29, 0.717) is 22.1 Å². The predicted molar refractivity (Wildman–Crippen MR) is 90.1 cm³/mol. The zero-order chi connectivity index (χ0) is 17.6. The van der Waals surface area contributed by atoms with Gasteiger partial charge < -0.3 is 0 Å². The SMILES string of the molecule is CSc1nc2nnc3c(=O)n(-c4cccc([N+](=O)[O-])c4)ccc3n2n1. The van der Waals surface area contributed by atoms with Crippen LogP contribution in [-0.4, -0.2) is 40.5 Å². The Morgan fingerprint density at radius 1 is 1.24 bits per heavy atom. The van der Waals surface area contributed by atoms with Crippen LogP contribution in [-0.2, 0) is 0 Å². The van der Waals surface area contributed by atoms with Gasteiger partial charge in [-0.15, -0.1) is 15.3 Å².